The monoisotopic (exact) mass is 268 g/mol. The van der Waals surface area contributed by atoms with Crippen LogP contribution in [0.25, 0.3) is 0 Å². The number of nitrogens with one attached hydrogen (secondary N) is 1. The fourth-order valence-corrected chi connectivity index (χ4v) is 3.31. The molecule has 0 bridgehead atoms. The molecule has 0 spiro atoms. The second kappa shape index (κ2) is 5.80. The summed E-state index contributed by atoms with van der Waals surface area (Å²) < 4.78 is 5.06. The second-order valence-corrected chi connectivity index (χ2v) is 6.72. The van der Waals surface area contributed by atoms with E-state index in [1.807, 2.05) is 0 Å². The van der Waals surface area contributed by atoms with Crippen molar-refractivity contribution in [3.63, 3.8) is 0 Å². The summed E-state index contributed by atoms with van der Waals surface area (Å²) in [5.41, 5.74) is -0.425. The van der Waals surface area contributed by atoms with Crippen molar-refractivity contribution in [2.45, 2.75) is 63.6 Å². The zero-order valence-electron chi connectivity index (χ0n) is 12.7. The van der Waals surface area contributed by atoms with Gasteiger partial charge in [-0.15, -0.1) is 0 Å². The van der Waals surface area contributed by atoms with Gasteiger partial charge in [0.05, 0.1) is 7.11 Å². The van der Waals surface area contributed by atoms with Crippen molar-refractivity contribution in [2.75, 3.05) is 20.7 Å². The molecular formula is C15H28N2O2. The first kappa shape index (κ1) is 14.8. The van der Waals surface area contributed by atoms with E-state index in [-0.39, 0.29) is 5.97 Å². The van der Waals surface area contributed by atoms with Crippen LogP contribution in [0.1, 0.15) is 46.0 Å². The van der Waals surface area contributed by atoms with E-state index >= 15 is 0 Å². The minimum absolute atomic E-state index is 0.0696. The van der Waals surface area contributed by atoms with Gasteiger partial charge in [-0.05, 0) is 45.1 Å². The maximum absolute atomic E-state index is 12.2. The smallest absolute Gasteiger partial charge is 0.326 e. The molecule has 0 saturated heterocycles. The third kappa shape index (κ3) is 3.48. The summed E-state index contributed by atoms with van der Waals surface area (Å²) in [4.78, 5) is 14.6. The van der Waals surface area contributed by atoms with Crippen molar-refractivity contribution >= 4 is 5.97 Å². The Morgan fingerprint density at radius 2 is 2.11 bits per heavy atom. The van der Waals surface area contributed by atoms with E-state index in [1.54, 1.807) is 0 Å². The number of carbonyl (C=O) groups is 1. The molecule has 2 aliphatic carbocycles. The molecule has 2 fully saturated rings. The molecule has 2 saturated carbocycles. The topological polar surface area (TPSA) is 41.6 Å². The van der Waals surface area contributed by atoms with Gasteiger partial charge < -0.3 is 9.64 Å². The average Bonchev–Trinajstić information content (AvgIpc) is 3.04. The van der Waals surface area contributed by atoms with Gasteiger partial charge in [0.15, 0.2) is 0 Å². The lowest BCUT2D eigenvalue weighted by Crippen LogP contribution is -2.52. The van der Waals surface area contributed by atoms with Gasteiger partial charge in [0.1, 0.15) is 5.54 Å². The molecule has 2 unspecified atom stereocenters. The van der Waals surface area contributed by atoms with Crippen molar-refractivity contribution in [3.8, 4) is 0 Å². The van der Waals surface area contributed by atoms with Crippen LogP contribution in [-0.4, -0.2) is 49.2 Å². The lowest BCUT2D eigenvalue weighted by atomic mass is 9.96. The first-order valence-corrected chi connectivity index (χ1v) is 7.53. The van der Waals surface area contributed by atoms with Crippen LogP contribution in [0.5, 0.6) is 0 Å². The first-order valence-electron chi connectivity index (χ1n) is 7.53. The molecule has 2 atom stereocenters. The maximum Gasteiger partial charge on any atom is 0.326 e. The van der Waals surface area contributed by atoms with Gasteiger partial charge in [0.2, 0.25) is 0 Å². The van der Waals surface area contributed by atoms with Crippen LogP contribution in [0, 0.1) is 5.92 Å². The molecule has 2 rings (SSSR count). The van der Waals surface area contributed by atoms with E-state index in [4.69, 9.17) is 4.74 Å². The first-order chi connectivity index (χ1) is 8.97. The van der Waals surface area contributed by atoms with Crippen molar-refractivity contribution in [2.24, 2.45) is 5.92 Å². The van der Waals surface area contributed by atoms with Crippen LogP contribution in [0.2, 0.25) is 0 Å². The Morgan fingerprint density at radius 1 is 1.42 bits per heavy atom. The minimum Gasteiger partial charge on any atom is -0.468 e. The Labute approximate surface area is 116 Å². The van der Waals surface area contributed by atoms with Crippen LogP contribution < -0.4 is 5.32 Å². The summed E-state index contributed by atoms with van der Waals surface area (Å²) in [7, 11) is 3.68. The highest BCUT2D eigenvalue weighted by Gasteiger charge is 2.49. The molecular weight excluding hydrogens is 240 g/mol. The van der Waals surface area contributed by atoms with Gasteiger partial charge in [-0.2, -0.15) is 0 Å². The summed E-state index contributed by atoms with van der Waals surface area (Å²) >= 11 is 0. The fraction of sp³-hybridized carbons (Fsp3) is 0.933. The molecule has 4 nitrogen and oxygen atoms in total. The third-order valence-electron chi connectivity index (χ3n) is 4.40. The molecule has 4 heteroatoms. The number of hydrogen-bond acceptors (Lipinski definition) is 4. The van der Waals surface area contributed by atoms with Crippen LogP contribution in [0.15, 0.2) is 0 Å². The lowest BCUT2D eigenvalue weighted by molar-refractivity contribution is -0.148. The molecule has 0 aromatic carbocycles. The molecule has 0 amide bonds. The predicted molar refractivity (Wildman–Crippen MR) is 76.0 cm³/mol. The highest BCUT2D eigenvalue weighted by Crippen LogP contribution is 2.37. The largest absolute Gasteiger partial charge is 0.468 e. The number of carbonyl (C=O) groups excluding carboxylic acids is 1. The van der Waals surface area contributed by atoms with Crippen LogP contribution in [-0.2, 0) is 9.53 Å². The lowest BCUT2D eigenvalue weighted by Gasteiger charge is -2.30. The van der Waals surface area contributed by atoms with Crippen LogP contribution >= 0.6 is 0 Å². The molecule has 0 heterocycles. The highest BCUT2D eigenvalue weighted by atomic mass is 16.5. The van der Waals surface area contributed by atoms with Gasteiger partial charge in [-0.25, -0.2) is 0 Å². The zero-order chi connectivity index (χ0) is 14.0. The summed E-state index contributed by atoms with van der Waals surface area (Å²) in [5.74, 6) is 0.592. The molecule has 110 valence electrons. The summed E-state index contributed by atoms with van der Waals surface area (Å²) in [5, 5.41) is 3.55. The third-order valence-corrected chi connectivity index (χ3v) is 4.40. The van der Waals surface area contributed by atoms with Gasteiger partial charge in [0, 0.05) is 18.6 Å². The van der Waals surface area contributed by atoms with Gasteiger partial charge >= 0.3 is 5.97 Å². The summed E-state index contributed by atoms with van der Waals surface area (Å²) in [6.07, 6.45) is 5.27. The van der Waals surface area contributed by atoms with Gasteiger partial charge in [-0.3, -0.25) is 10.1 Å². The van der Waals surface area contributed by atoms with E-state index in [9.17, 15) is 4.79 Å². The van der Waals surface area contributed by atoms with Crippen molar-refractivity contribution < 1.29 is 9.53 Å². The van der Waals surface area contributed by atoms with E-state index in [2.05, 4.69) is 31.1 Å². The Bertz CT molecular complexity index is 328. The van der Waals surface area contributed by atoms with Gasteiger partial charge in [-0.1, -0.05) is 13.8 Å². The van der Waals surface area contributed by atoms with E-state index in [0.29, 0.717) is 18.0 Å². The molecule has 19 heavy (non-hydrogen) atoms. The van der Waals surface area contributed by atoms with Crippen LogP contribution in [0.3, 0.4) is 0 Å². The predicted octanol–water partition coefficient (Wildman–Crippen LogP) is 1.79. The average molecular weight is 268 g/mol. The molecule has 1 N–H and O–H groups in total. The zero-order valence-corrected chi connectivity index (χ0v) is 12.7. The second-order valence-electron chi connectivity index (χ2n) is 6.72. The Hall–Kier alpha value is -0.610. The number of esters is 1. The number of ether oxygens (including phenoxy) is 1. The van der Waals surface area contributed by atoms with Crippen molar-refractivity contribution in [1.29, 1.82) is 0 Å². The molecule has 0 aromatic rings. The van der Waals surface area contributed by atoms with Crippen molar-refractivity contribution in [3.05, 3.63) is 0 Å². The van der Waals surface area contributed by atoms with Crippen LogP contribution in [0.4, 0.5) is 0 Å². The normalized spacial score (nSPS) is 31.2. The summed E-state index contributed by atoms with van der Waals surface area (Å²) in [6.45, 7) is 5.56. The van der Waals surface area contributed by atoms with E-state index < -0.39 is 5.54 Å². The Morgan fingerprint density at radius 3 is 2.63 bits per heavy atom. The molecule has 0 aromatic heterocycles. The summed E-state index contributed by atoms with van der Waals surface area (Å²) in [6, 6.07) is 1.03. The van der Waals surface area contributed by atoms with E-state index in [0.717, 1.165) is 25.8 Å². The van der Waals surface area contributed by atoms with Gasteiger partial charge in [0.25, 0.3) is 0 Å². The Balaban J connectivity index is 1.99. The van der Waals surface area contributed by atoms with Crippen molar-refractivity contribution in [1.82, 2.24) is 10.2 Å². The molecule has 2 aliphatic rings. The number of methoxy groups -OCH3 is 1. The molecule has 0 radical (unpaired) electrons. The minimum atomic E-state index is -0.425. The van der Waals surface area contributed by atoms with E-state index in [1.165, 1.54) is 20.0 Å². The Kier molecular flexibility index (Phi) is 4.51. The number of rotatable bonds is 6. The molecule has 0 aliphatic heterocycles. The SMILES string of the molecule is COC(=O)C1(NC2CC2)CCC(N(C)CC(C)C)C1. The number of hydrogen-bond donors (Lipinski definition) is 1. The quantitative estimate of drug-likeness (QED) is 0.746. The maximum atomic E-state index is 12.2. The fourth-order valence-electron chi connectivity index (χ4n) is 3.31. The highest BCUT2D eigenvalue weighted by molar-refractivity contribution is 5.81. The number of nitrogens with zero attached hydrogens (tertiary/aromatic N) is 1. The standard InChI is InChI=1S/C15H28N2O2/c1-11(2)10-17(3)13-7-8-15(9-13,14(18)19-4)16-12-5-6-12/h11-13,16H,5-10H2,1-4H3.